The van der Waals surface area contributed by atoms with Crippen LogP contribution in [0.5, 0.6) is 0 Å². The zero-order valence-electron chi connectivity index (χ0n) is 11.9. The quantitative estimate of drug-likeness (QED) is 0.839. The Labute approximate surface area is 133 Å². The van der Waals surface area contributed by atoms with Gasteiger partial charge in [0.25, 0.3) is 5.91 Å². The molecule has 0 aliphatic heterocycles. The van der Waals surface area contributed by atoms with E-state index in [-0.39, 0.29) is 5.91 Å². The number of hydrogen-bond donors (Lipinski definition) is 2. The molecule has 0 saturated heterocycles. The molecule has 0 aliphatic carbocycles. The normalized spacial score (nSPS) is 10.2. The molecule has 0 fully saturated rings. The molecule has 0 aliphatic rings. The van der Waals surface area contributed by atoms with Gasteiger partial charge < -0.3 is 10.6 Å². The molecule has 110 valence electrons. The van der Waals surface area contributed by atoms with E-state index in [0.29, 0.717) is 17.9 Å². The molecule has 1 amide bonds. The van der Waals surface area contributed by atoms with Crippen LogP contribution in [-0.2, 0) is 6.54 Å². The van der Waals surface area contributed by atoms with E-state index in [2.05, 4.69) is 38.5 Å². The maximum Gasteiger partial charge on any atom is 0.255 e. The Balaban J connectivity index is 2.08. The Morgan fingerprint density at radius 1 is 1.29 bits per heavy atom. The van der Waals surface area contributed by atoms with Gasteiger partial charge in [0.15, 0.2) is 0 Å². The molecule has 1 aromatic carbocycles. The summed E-state index contributed by atoms with van der Waals surface area (Å²) in [6.07, 6.45) is 2.66. The molecule has 5 heteroatoms. The van der Waals surface area contributed by atoms with E-state index in [0.717, 1.165) is 23.0 Å². The molecular weight excluding hydrogens is 330 g/mol. The summed E-state index contributed by atoms with van der Waals surface area (Å²) in [5, 5.41) is 6.10. The van der Waals surface area contributed by atoms with Gasteiger partial charge in [0.2, 0.25) is 0 Å². The van der Waals surface area contributed by atoms with Gasteiger partial charge in [-0.2, -0.15) is 0 Å². The molecule has 0 saturated carbocycles. The van der Waals surface area contributed by atoms with Crippen LogP contribution in [0, 0.1) is 0 Å². The number of halogens is 1. The lowest BCUT2D eigenvalue weighted by Gasteiger charge is -2.11. The number of carbonyl (C=O) groups excluding carboxylic acids is 1. The monoisotopic (exact) mass is 347 g/mol. The number of pyridine rings is 1. The molecule has 2 rings (SSSR count). The highest BCUT2D eigenvalue weighted by molar-refractivity contribution is 9.10. The number of nitrogens with zero attached hydrogens (tertiary/aromatic N) is 1. The smallest absolute Gasteiger partial charge is 0.255 e. The Hall–Kier alpha value is -1.88. The van der Waals surface area contributed by atoms with Crippen molar-refractivity contribution in [2.24, 2.45) is 0 Å². The molecule has 0 radical (unpaired) electrons. The molecule has 0 spiro atoms. The molecule has 21 heavy (non-hydrogen) atoms. The topological polar surface area (TPSA) is 54.0 Å². The first-order valence-corrected chi connectivity index (χ1v) is 7.71. The number of anilines is 1. The van der Waals surface area contributed by atoms with E-state index in [9.17, 15) is 4.79 Å². The first-order valence-electron chi connectivity index (χ1n) is 6.92. The second kappa shape index (κ2) is 7.78. The van der Waals surface area contributed by atoms with Crippen molar-refractivity contribution in [1.82, 2.24) is 10.3 Å². The molecule has 0 bridgehead atoms. The van der Waals surface area contributed by atoms with E-state index in [4.69, 9.17) is 0 Å². The molecule has 1 heterocycles. The number of rotatable bonds is 6. The first-order chi connectivity index (χ1) is 10.2. The number of carbonyl (C=O) groups is 1. The maximum absolute atomic E-state index is 12.3. The van der Waals surface area contributed by atoms with Gasteiger partial charge in [-0.25, -0.2) is 4.98 Å². The molecule has 0 unspecified atom stereocenters. The van der Waals surface area contributed by atoms with Crippen LogP contribution in [0.1, 0.15) is 29.3 Å². The number of hydrogen-bond acceptors (Lipinski definition) is 3. The van der Waals surface area contributed by atoms with Crippen LogP contribution in [0.2, 0.25) is 0 Å². The van der Waals surface area contributed by atoms with Crippen LogP contribution in [0.25, 0.3) is 0 Å². The number of amides is 1. The predicted molar refractivity (Wildman–Crippen MR) is 88.3 cm³/mol. The van der Waals surface area contributed by atoms with Crippen molar-refractivity contribution in [3.05, 3.63) is 58.2 Å². The van der Waals surface area contributed by atoms with Gasteiger partial charge in [-0.1, -0.05) is 37.3 Å². The van der Waals surface area contributed by atoms with Gasteiger partial charge in [0.1, 0.15) is 5.82 Å². The van der Waals surface area contributed by atoms with Crippen molar-refractivity contribution >= 4 is 27.7 Å². The van der Waals surface area contributed by atoms with Crippen LogP contribution < -0.4 is 10.6 Å². The van der Waals surface area contributed by atoms with Gasteiger partial charge in [0.05, 0.1) is 5.56 Å². The molecular formula is C16H18BrN3O. The van der Waals surface area contributed by atoms with Crippen molar-refractivity contribution in [2.75, 3.05) is 11.9 Å². The highest BCUT2D eigenvalue weighted by atomic mass is 79.9. The largest absolute Gasteiger partial charge is 0.369 e. The van der Waals surface area contributed by atoms with Crippen molar-refractivity contribution in [3.63, 3.8) is 0 Å². The van der Waals surface area contributed by atoms with Gasteiger partial charge in [-0.3, -0.25) is 4.79 Å². The first kappa shape index (κ1) is 15.5. The Kier molecular flexibility index (Phi) is 5.75. The van der Waals surface area contributed by atoms with Crippen molar-refractivity contribution in [2.45, 2.75) is 19.9 Å². The number of aromatic nitrogens is 1. The summed E-state index contributed by atoms with van der Waals surface area (Å²) in [5.74, 6) is 0.483. The van der Waals surface area contributed by atoms with Crippen LogP contribution in [0.15, 0.2) is 47.1 Å². The predicted octanol–water partition coefficient (Wildman–Crippen LogP) is 3.60. The fourth-order valence-corrected chi connectivity index (χ4v) is 2.20. The van der Waals surface area contributed by atoms with E-state index >= 15 is 0 Å². The van der Waals surface area contributed by atoms with E-state index in [1.54, 1.807) is 12.3 Å². The van der Waals surface area contributed by atoms with Crippen molar-refractivity contribution in [1.29, 1.82) is 0 Å². The minimum atomic E-state index is -0.133. The average Bonchev–Trinajstić information content (AvgIpc) is 2.52. The second-order valence-corrected chi connectivity index (χ2v) is 5.56. The van der Waals surface area contributed by atoms with E-state index < -0.39 is 0 Å². The summed E-state index contributed by atoms with van der Waals surface area (Å²) in [5.41, 5.74) is 1.62. The third-order valence-electron chi connectivity index (χ3n) is 2.94. The zero-order valence-corrected chi connectivity index (χ0v) is 13.5. The summed E-state index contributed by atoms with van der Waals surface area (Å²) in [6, 6.07) is 11.6. The van der Waals surface area contributed by atoms with Gasteiger partial charge in [-0.15, -0.1) is 0 Å². The lowest BCUT2D eigenvalue weighted by molar-refractivity contribution is 0.0951. The Bertz CT molecular complexity index is 602. The van der Waals surface area contributed by atoms with Crippen LogP contribution in [0.4, 0.5) is 5.82 Å². The molecule has 1 aromatic heterocycles. The lowest BCUT2D eigenvalue weighted by Crippen LogP contribution is -2.24. The summed E-state index contributed by atoms with van der Waals surface area (Å²) < 4.78 is 0.786. The zero-order chi connectivity index (χ0) is 15.1. The fourth-order valence-electron chi connectivity index (χ4n) is 1.87. The summed E-state index contributed by atoms with van der Waals surface area (Å²) in [4.78, 5) is 16.6. The SMILES string of the molecule is CCCNc1ncc(Br)cc1C(=O)NCc1ccccc1. The van der Waals surface area contributed by atoms with Gasteiger partial charge in [0, 0.05) is 23.8 Å². The fraction of sp³-hybridized carbons (Fsp3) is 0.250. The van der Waals surface area contributed by atoms with Gasteiger partial charge in [-0.05, 0) is 34.0 Å². The van der Waals surface area contributed by atoms with Gasteiger partial charge >= 0.3 is 0 Å². The number of benzene rings is 1. The standard InChI is InChI=1S/C16H18BrN3O/c1-2-8-18-15-14(9-13(17)11-19-15)16(21)20-10-12-6-4-3-5-7-12/h3-7,9,11H,2,8,10H2,1H3,(H,18,19)(H,20,21). The van der Waals surface area contributed by atoms with E-state index in [1.165, 1.54) is 0 Å². The lowest BCUT2D eigenvalue weighted by atomic mass is 10.2. The van der Waals surface area contributed by atoms with Crippen LogP contribution in [0.3, 0.4) is 0 Å². The highest BCUT2D eigenvalue weighted by Crippen LogP contribution is 2.18. The third kappa shape index (κ3) is 4.56. The summed E-state index contributed by atoms with van der Waals surface area (Å²) >= 11 is 3.36. The third-order valence-corrected chi connectivity index (χ3v) is 3.37. The van der Waals surface area contributed by atoms with Crippen LogP contribution in [-0.4, -0.2) is 17.4 Å². The molecule has 4 nitrogen and oxygen atoms in total. The Morgan fingerprint density at radius 2 is 2.05 bits per heavy atom. The molecule has 2 aromatic rings. The summed E-state index contributed by atoms with van der Waals surface area (Å²) in [7, 11) is 0. The number of nitrogens with one attached hydrogen (secondary N) is 2. The minimum Gasteiger partial charge on any atom is -0.369 e. The van der Waals surface area contributed by atoms with Crippen molar-refractivity contribution < 1.29 is 4.79 Å². The average molecular weight is 348 g/mol. The van der Waals surface area contributed by atoms with Crippen molar-refractivity contribution in [3.8, 4) is 0 Å². The molecule has 0 atom stereocenters. The van der Waals surface area contributed by atoms with E-state index in [1.807, 2.05) is 30.3 Å². The van der Waals surface area contributed by atoms with Crippen LogP contribution >= 0.6 is 15.9 Å². The summed E-state index contributed by atoms with van der Waals surface area (Å²) in [6.45, 7) is 3.36. The molecule has 2 N–H and O–H groups in total. The highest BCUT2D eigenvalue weighted by Gasteiger charge is 2.13. The maximum atomic E-state index is 12.3. The minimum absolute atomic E-state index is 0.133. The second-order valence-electron chi connectivity index (χ2n) is 4.64. The Morgan fingerprint density at radius 3 is 2.76 bits per heavy atom.